The minimum Gasteiger partial charge on any atom is -0.298 e. The average Bonchev–Trinajstić information content (AvgIpc) is 2.73. The molecule has 0 N–H and O–H groups in total. The van der Waals surface area contributed by atoms with Gasteiger partial charge in [0.15, 0.2) is 0 Å². The minimum atomic E-state index is -3.81. The molecule has 1 atom stereocenters. The Kier molecular flexibility index (Phi) is 3.92. The summed E-state index contributed by atoms with van der Waals surface area (Å²) in [5, 5.41) is 0. The zero-order valence-electron chi connectivity index (χ0n) is 12.1. The van der Waals surface area contributed by atoms with Gasteiger partial charge in [-0.15, -0.1) is 0 Å². The highest BCUT2D eigenvalue weighted by Gasteiger charge is 2.45. The Bertz CT molecular complexity index is 680. The Morgan fingerprint density at radius 2 is 1.86 bits per heavy atom. The maximum absolute atomic E-state index is 13.9. The van der Waals surface area contributed by atoms with Crippen molar-refractivity contribution in [2.24, 2.45) is 0 Å². The molecule has 2 rings (SSSR count). The van der Waals surface area contributed by atoms with E-state index in [0.717, 1.165) is 22.5 Å². The van der Waals surface area contributed by atoms with Gasteiger partial charge in [-0.2, -0.15) is 4.31 Å². The summed E-state index contributed by atoms with van der Waals surface area (Å²) >= 11 is 0. The van der Waals surface area contributed by atoms with Crippen LogP contribution in [0.1, 0.15) is 38.8 Å². The third-order valence-electron chi connectivity index (χ3n) is 3.50. The van der Waals surface area contributed by atoms with Crippen molar-refractivity contribution < 1.29 is 22.0 Å². The Hall–Kier alpha value is -1.34. The van der Waals surface area contributed by atoms with E-state index < -0.39 is 32.4 Å². The molecule has 0 saturated carbocycles. The minimum absolute atomic E-state index is 0.103. The van der Waals surface area contributed by atoms with Crippen molar-refractivity contribution in [2.45, 2.75) is 38.0 Å². The summed E-state index contributed by atoms with van der Waals surface area (Å²) in [5.74, 6) is -1.69. The van der Waals surface area contributed by atoms with Crippen LogP contribution in [0.3, 0.4) is 0 Å². The average molecular weight is 317 g/mol. The fourth-order valence-corrected chi connectivity index (χ4v) is 3.85. The molecule has 1 heterocycles. The highest BCUT2D eigenvalue weighted by molar-refractivity contribution is 7.90. The molecule has 1 aromatic rings. The number of sulfonamides is 1. The lowest BCUT2D eigenvalue weighted by Gasteiger charge is -2.30. The molecule has 4 nitrogen and oxygen atoms in total. The van der Waals surface area contributed by atoms with Gasteiger partial charge >= 0.3 is 0 Å². The number of Topliss-reactive ketones (excluding diaryl/α,β-unsaturated/α-hetero) is 1. The second-order valence-corrected chi connectivity index (χ2v) is 8.73. The van der Waals surface area contributed by atoms with Gasteiger partial charge in [-0.25, -0.2) is 17.2 Å². The number of halogens is 2. The number of benzene rings is 1. The highest BCUT2D eigenvalue weighted by Crippen LogP contribution is 2.37. The van der Waals surface area contributed by atoms with E-state index in [9.17, 15) is 22.0 Å². The first-order valence-electron chi connectivity index (χ1n) is 6.52. The summed E-state index contributed by atoms with van der Waals surface area (Å²) in [6.07, 6.45) is -0.143. The Morgan fingerprint density at radius 1 is 1.24 bits per heavy atom. The van der Waals surface area contributed by atoms with Gasteiger partial charge in [0.1, 0.15) is 17.4 Å². The fourth-order valence-electron chi connectivity index (χ4n) is 2.31. The Morgan fingerprint density at radius 3 is 2.43 bits per heavy atom. The van der Waals surface area contributed by atoms with Crippen molar-refractivity contribution >= 4 is 15.8 Å². The Labute approximate surface area is 122 Å². The third-order valence-corrected chi connectivity index (χ3v) is 6.05. The number of nitrogens with zero attached hydrogens (tertiary/aromatic N) is 1. The number of ketones is 1. The van der Waals surface area contributed by atoms with E-state index in [0.29, 0.717) is 0 Å². The number of hydrogen-bond acceptors (Lipinski definition) is 3. The molecule has 116 valence electrons. The molecule has 0 aromatic heterocycles. The lowest BCUT2D eigenvalue weighted by atomic mass is 10.0. The van der Waals surface area contributed by atoms with E-state index in [1.165, 1.54) is 20.8 Å². The van der Waals surface area contributed by atoms with Crippen LogP contribution in [0, 0.1) is 11.6 Å². The topological polar surface area (TPSA) is 54.5 Å². The van der Waals surface area contributed by atoms with Gasteiger partial charge in [-0.1, -0.05) is 0 Å². The van der Waals surface area contributed by atoms with Gasteiger partial charge in [-0.3, -0.25) is 4.79 Å². The molecule has 0 bridgehead atoms. The van der Waals surface area contributed by atoms with Gasteiger partial charge < -0.3 is 0 Å². The smallest absolute Gasteiger partial charge is 0.220 e. The number of hydrogen-bond donors (Lipinski definition) is 0. The molecule has 1 aliphatic heterocycles. The van der Waals surface area contributed by atoms with Crippen LogP contribution in [0.5, 0.6) is 0 Å². The summed E-state index contributed by atoms with van der Waals surface area (Å²) in [7, 11) is -3.81. The molecule has 0 amide bonds. The first-order valence-corrected chi connectivity index (χ1v) is 7.96. The van der Waals surface area contributed by atoms with Gasteiger partial charge in [0.25, 0.3) is 0 Å². The van der Waals surface area contributed by atoms with Crippen molar-refractivity contribution in [2.75, 3.05) is 6.54 Å². The van der Waals surface area contributed by atoms with Crippen molar-refractivity contribution in [3.63, 3.8) is 0 Å². The van der Waals surface area contributed by atoms with Crippen molar-refractivity contribution in [3.05, 3.63) is 35.4 Å². The zero-order chi connectivity index (χ0) is 16.0. The maximum atomic E-state index is 13.9. The molecule has 1 fully saturated rings. The number of carbonyl (C=O) groups is 1. The summed E-state index contributed by atoms with van der Waals surface area (Å²) in [6, 6.07) is 1.86. The van der Waals surface area contributed by atoms with Crippen LogP contribution in [-0.2, 0) is 14.8 Å². The second kappa shape index (κ2) is 5.14. The van der Waals surface area contributed by atoms with Gasteiger partial charge in [0, 0.05) is 12.0 Å². The van der Waals surface area contributed by atoms with Crippen molar-refractivity contribution in [1.29, 1.82) is 0 Å². The summed E-state index contributed by atoms with van der Waals surface area (Å²) < 4.78 is 52.2. The molecule has 1 saturated heterocycles. The quantitative estimate of drug-likeness (QED) is 0.842. The van der Waals surface area contributed by atoms with E-state index in [1.54, 1.807) is 0 Å². The molecule has 0 spiro atoms. The Balaban J connectivity index is 2.52. The van der Waals surface area contributed by atoms with Crippen LogP contribution in [0.25, 0.3) is 0 Å². The predicted molar refractivity (Wildman–Crippen MR) is 74.1 cm³/mol. The van der Waals surface area contributed by atoms with Crippen LogP contribution >= 0.6 is 0 Å². The van der Waals surface area contributed by atoms with Crippen molar-refractivity contribution in [3.8, 4) is 0 Å². The molecule has 21 heavy (non-hydrogen) atoms. The number of carbonyl (C=O) groups excluding carboxylic acids is 1. The lowest BCUT2D eigenvalue weighted by Crippen LogP contribution is -2.43. The van der Waals surface area contributed by atoms with E-state index in [-0.39, 0.29) is 24.3 Å². The largest absolute Gasteiger partial charge is 0.298 e. The van der Waals surface area contributed by atoms with Gasteiger partial charge in [0.05, 0.1) is 17.3 Å². The van der Waals surface area contributed by atoms with Crippen LogP contribution in [0.2, 0.25) is 0 Å². The molecular weight excluding hydrogens is 300 g/mol. The maximum Gasteiger partial charge on any atom is 0.220 e. The fraction of sp³-hybridized carbons (Fsp3) is 0.500. The highest BCUT2D eigenvalue weighted by atomic mass is 32.2. The van der Waals surface area contributed by atoms with Gasteiger partial charge in [-0.05, 0) is 39.0 Å². The van der Waals surface area contributed by atoms with E-state index in [4.69, 9.17) is 0 Å². The van der Waals surface area contributed by atoms with E-state index >= 15 is 0 Å². The van der Waals surface area contributed by atoms with Crippen LogP contribution in [0.4, 0.5) is 8.78 Å². The molecule has 0 unspecified atom stereocenters. The normalized spacial score (nSPS) is 21.0. The molecule has 1 aromatic carbocycles. The zero-order valence-corrected chi connectivity index (χ0v) is 12.9. The predicted octanol–water partition coefficient (Wildman–Crippen LogP) is 2.41. The first kappa shape index (κ1) is 16.0. The monoisotopic (exact) mass is 317 g/mol. The summed E-state index contributed by atoms with van der Waals surface area (Å²) in [5.41, 5.74) is -0.103. The molecule has 1 aliphatic rings. The first-order chi connectivity index (χ1) is 9.54. The molecule has 0 radical (unpaired) electrons. The summed E-state index contributed by atoms with van der Waals surface area (Å²) in [4.78, 5) is 11.7. The van der Waals surface area contributed by atoms with E-state index in [1.807, 2.05) is 0 Å². The number of rotatable bonds is 2. The van der Waals surface area contributed by atoms with Crippen LogP contribution in [0.15, 0.2) is 18.2 Å². The standard InChI is InChI=1S/C14H17F2NO3S/c1-14(2,3)21(19,20)17-8-10(18)7-13(17)11-6-9(15)4-5-12(11)16/h4-6,13H,7-8H2,1-3H3/t13-/m0/s1. The lowest BCUT2D eigenvalue weighted by molar-refractivity contribution is -0.116. The second-order valence-electron chi connectivity index (χ2n) is 6.09. The third kappa shape index (κ3) is 2.85. The molecule has 7 heteroatoms. The SMILES string of the molecule is CC(C)(C)S(=O)(=O)N1CC(=O)C[C@H]1c1cc(F)ccc1F. The van der Waals surface area contributed by atoms with Crippen molar-refractivity contribution in [1.82, 2.24) is 4.31 Å². The van der Waals surface area contributed by atoms with E-state index in [2.05, 4.69) is 0 Å². The van der Waals surface area contributed by atoms with Gasteiger partial charge in [0.2, 0.25) is 10.0 Å². The molecule has 0 aliphatic carbocycles. The van der Waals surface area contributed by atoms with Crippen LogP contribution in [-0.4, -0.2) is 29.8 Å². The molecular formula is C14H17F2NO3S. The van der Waals surface area contributed by atoms with Crippen LogP contribution < -0.4 is 0 Å². The summed E-state index contributed by atoms with van der Waals surface area (Å²) in [6.45, 7) is 4.21.